The van der Waals surface area contributed by atoms with Crippen LogP contribution in [0.2, 0.25) is 0 Å². The van der Waals surface area contributed by atoms with Crippen LogP contribution in [0, 0.1) is 0 Å². The first-order chi connectivity index (χ1) is 39.1. The predicted molar refractivity (Wildman–Crippen MR) is 333 cm³/mol. The molecule has 0 spiro atoms. The van der Waals surface area contributed by atoms with Crippen molar-refractivity contribution in [2.24, 2.45) is 0 Å². The van der Waals surface area contributed by atoms with Crippen LogP contribution in [0.1, 0.15) is 0 Å². The van der Waals surface area contributed by atoms with Crippen molar-refractivity contribution in [1.29, 1.82) is 0 Å². The molecule has 0 amide bonds. The number of ether oxygens (including phenoxy) is 4. The number of aromatic hydroxyl groups is 2. The van der Waals surface area contributed by atoms with Gasteiger partial charge in [0.05, 0.1) is 21.3 Å². The van der Waals surface area contributed by atoms with Crippen LogP contribution in [0.4, 0.5) is 0 Å². The molecule has 1 aliphatic heterocycles. The van der Waals surface area contributed by atoms with Gasteiger partial charge >= 0.3 is 7.12 Å². The van der Waals surface area contributed by atoms with Gasteiger partial charge in [-0.2, -0.15) is 0 Å². The van der Waals surface area contributed by atoms with Gasteiger partial charge in [-0.05, 0) is 120 Å². The number of para-hydroxylation sites is 7. The average Bonchev–Trinajstić information content (AvgIpc) is 3.68. The lowest BCUT2D eigenvalue weighted by Gasteiger charge is -2.15. The zero-order chi connectivity index (χ0) is 56.2. The fraction of sp³-hybridized carbons (Fsp3) is 0.0435. The Bertz CT molecular complexity index is 3570. The van der Waals surface area contributed by atoms with E-state index in [0.29, 0.717) is 11.2 Å². The Hall–Kier alpha value is -8.84. The number of rotatable bonds is 8. The topological polar surface area (TPSA) is 118 Å². The molecule has 0 aliphatic carbocycles. The number of methoxy groups -OCH3 is 3. The summed E-state index contributed by atoms with van der Waals surface area (Å²) >= 11 is 6.70. The van der Waals surface area contributed by atoms with Gasteiger partial charge in [0.1, 0.15) is 40.2 Å². The second-order valence-corrected chi connectivity index (χ2v) is 19.4. The van der Waals surface area contributed by atoms with Crippen LogP contribution in [0.15, 0.2) is 276 Å². The maximum atomic E-state index is 10.0. The smallest absolute Gasteiger partial charge is 0.492 e. The van der Waals surface area contributed by atoms with Crippen molar-refractivity contribution in [3.05, 3.63) is 276 Å². The van der Waals surface area contributed by atoms with Gasteiger partial charge in [-0.3, -0.25) is 0 Å². The molecular weight excluding hydrogens is 1130 g/mol. The third kappa shape index (κ3) is 14.3. The minimum Gasteiger partial charge on any atom is -0.507 e. The number of halogens is 2. The molecule has 0 aromatic heterocycles. The van der Waals surface area contributed by atoms with Crippen molar-refractivity contribution in [2.45, 2.75) is 0 Å². The lowest BCUT2D eigenvalue weighted by atomic mass is 9.80. The molecule has 0 radical (unpaired) electrons. The van der Waals surface area contributed by atoms with E-state index in [-0.39, 0.29) is 11.5 Å². The summed E-state index contributed by atoms with van der Waals surface area (Å²) in [5.41, 5.74) is 12.8. The minimum atomic E-state index is -1.47. The van der Waals surface area contributed by atoms with Crippen LogP contribution < -0.4 is 24.4 Å². The number of hydrogen-bond acceptors (Lipinski definition) is 8. The summed E-state index contributed by atoms with van der Waals surface area (Å²) in [5, 5.41) is 37.7. The molecule has 0 saturated heterocycles. The van der Waals surface area contributed by atoms with E-state index in [1.807, 2.05) is 146 Å². The minimum absolute atomic E-state index is 0.232. The summed E-state index contributed by atoms with van der Waals surface area (Å²) in [7, 11) is 3.42. The van der Waals surface area contributed by atoms with Crippen LogP contribution in [-0.4, -0.2) is 48.7 Å². The Morgan fingerprint density at radius 2 is 0.537 bits per heavy atom. The van der Waals surface area contributed by atoms with Gasteiger partial charge in [-0.25, -0.2) is 0 Å². The monoisotopic (exact) mass is 1180 g/mol. The number of phenols is 2. The number of fused-ring (bicyclic) bond motifs is 5. The summed E-state index contributed by atoms with van der Waals surface area (Å²) in [6.45, 7) is 0. The fourth-order valence-electron chi connectivity index (χ4n) is 8.99. The van der Waals surface area contributed by atoms with E-state index in [1.54, 1.807) is 62.8 Å². The lowest BCUT2D eigenvalue weighted by Crippen LogP contribution is -2.30. The molecule has 1 aliphatic rings. The molecule has 0 unspecified atom stereocenters. The van der Waals surface area contributed by atoms with Gasteiger partial charge < -0.3 is 39.2 Å². The molecule has 0 atom stereocenters. The van der Waals surface area contributed by atoms with Crippen molar-refractivity contribution in [1.82, 2.24) is 0 Å². The fourth-order valence-corrected chi connectivity index (χ4v) is 9.56. The number of hydrogen-bond donors (Lipinski definition) is 4. The van der Waals surface area contributed by atoms with Crippen LogP contribution >= 0.6 is 31.9 Å². The Labute approximate surface area is 484 Å². The van der Waals surface area contributed by atoms with Gasteiger partial charge in [-0.15, -0.1) is 0 Å². The molecule has 0 fully saturated rings. The van der Waals surface area contributed by atoms with E-state index in [9.17, 15) is 10.2 Å². The Morgan fingerprint density at radius 1 is 0.287 bits per heavy atom. The highest BCUT2D eigenvalue weighted by atomic mass is 79.9. The van der Waals surface area contributed by atoms with Crippen LogP contribution in [-0.2, 0) is 0 Å². The molecule has 1 heterocycles. The largest absolute Gasteiger partial charge is 0.507 e. The molecule has 4 N–H and O–H groups in total. The zero-order valence-electron chi connectivity index (χ0n) is 44.2. The molecule has 11 aromatic rings. The van der Waals surface area contributed by atoms with Crippen LogP contribution in [0.3, 0.4) is 0 Å². The van der Waals surface area contributed by atoms with Gasteiger partial charge in [0.15, 0.2) is 0 Å². The molecule has 0 bridgehead atoms. The molecule has 11 aromatic carbocycles. The first kappa shape index (κ1) is 57.3. The summed E-state index contributed by atoms with van der Waals surface area (Å²) in [5.74, 6) is 4.52. The average molecular weight is 1180 g/mol. The molecular formula is C69H57BBr2O8. The van der Waals surface area contributed by atoms with Crippen molar-refractivity contribution in [3.8, 4) is 107 Å². The predicted octanol–water partition coefficient (Wildman–Crippen LogP) is 17.2. The van der Waals surface area contributed by atoms with E-state index < -0.39 is 7.12 Å². The SMILES string of the molecule is Brc1ccccc1Br.COc1ccccc1-c1ccccc1-c1ccccc1OC.COc1ccccc1B(O)O.Oc1ccccc1-c1ccccc1-c1ccccc1O.c1ccc2c(c1)Oc1ccccc1-c1ccccc1-2. The van der Waals surface area contributed by atoms with E-state index in [1.165, 1.54) is 18.2 Å². The van der Waals surface area contributed by atoms with E-state index >= 15 is 0 Å². The van der Waals surface area contributed by atoms with Gasteiger partial charge in [-0.1, -0.05) is 212 Å². The summed E-state index contributed by atoms with van der Waals surface area (Å²) in [6, 6.07) is 86.1. The zero-order valence-corrected chi connectivity index (χ0v) is 47.3. The first-order valence-corrected chi connectivity index (χ1v) is 27.1. The third-order valence-corrected chi connectivity index (χ3v) is 14.7. The van der Waals surface area contributed by atoms with E-state index in [2.05, 4.69) is 105 Å². The van der Waals surface area contributed by atoms with Crippen molar-refractivity contribution >= 4 is 44.4 Å². The number of phenolic OH excluding ortho intramolecular Hbond substituents is 2. The molecule has 0 saturated carbocycles. The highest BCUT2D eigenvalue weighted by Gasteiger charge is 2.20. The molecule has 80 heavy (non-hydrogen) atoms. The Balaban J connectivity index is 0.000000136. The highest BCUT2D eigenvalue weighted by molar-refractivity contribution is 9.13. The maximum absolute atomic E-state index is 10.0. The second kappa shape index (κ2) is 28.7. The Kier molecular flexibility index (Phi) is 20.6. The van der Waals surface area contributed by atoms with Crippen LogP contribution in [0.5, 0.6) is 40.2 Å². The van der Waals surface area contributed by atoms with E-state index in [0.717, 1.165) is 87.6 Å². The molecule has 12 rings (SSSR count). The quantitative estimate of drug-likeness (QED) is 0.111. The van der Waals surface area contributed by atoms with E-state index in [4.69, 9.17) is 29.0 Å². The normalized spacial score (nSPS) is 10.4. The summed E-state index contributed by atoms with van der Waals surface area (Å²) in [4.78, 5) is 0. The highest BCUT2D eigenvalue weighted by Crippen LogP contribution is 2.46. The third-order valence-electron chi connectivity index (χ3n) is 12.8. The second-order valence-electron chi connectivity index (χ2n) is 17.7. The van der Waals surface area contributed by atoms with Crippen molar-refractivity contribution in [3.63, 3.8) is 0 Å². The van der Waals surface area contributed by atoms with Crippen molar-refractivity contribution < 1.29 is 39.2 Å². The van der Waals surface area contributed by atoms with Crippen molar-refractivity contribution in [2.75, 3.05) is 21.3 Å². The van der Waals surface area contributed by atoms with Gasteiger partial charge in [0.25, 0.3) is 0 Å². The summed E-state index contributed by atoms with van der Waals surface area (Å²) < 4.78 is 24.2. The number of benzene rings is 11. The molecule has 398 valence electrons. The molecule has 11 heteroatoms. The van der Waals surface area contributed by atoms with Gasteiger partial charge in [0.2, 0.25) is 0 Å². The van der Waals surface area contributed by atoms with Crippen LogP contribution in [0.25, 0.3) is 66.8 Å². The van der Waals surface area contributed by atoms with Gasteiger partial charge in [0, 0.05) is 47.8 Å². The summed E-state index contributed by atoms with van der Waals surface area (Å²) in [6.07, 6.45) is 0. The first-order valence-electron chi connectivity index (χ1n) is 25.5. The standard InChI is InChI=1S/C20H18O2.C18H14O2.C18H12O.C7H9BO3.C6H4Br2/c1-21-19-13-7-5-11-17(19)15-9-3-4-10-16(15)18-12-6-8-14-20(18)22-2;19-17-11-5-3-9-15(17)13-7-1-2-8-14(13)16-10-4-6-12-18(16)20;1-2-8-14-13(7-1)15-9-3-5-11-17(15)19-18-12-6-4-10-16(14)18;1-11-7-5-3-2-4-6(7)8(9)10;7-5-3-1-2-4-6(5)8/h3-14H,1-2H3;1-12,19-20H;1-12H;2-5,9-10H,1H3;1-4H. The maximum Gasteiger partial charge on any atom is 0.492 e. The molecule has 8 nitrogen and oxygen atoms in total. The Morgan fingerprint density at radius 3 is 0.863 bits per heavy atom. The lowest BCUT2D eigenvalue weighted by molar-refractivity contribution is 0.403.